The fourth-order valence-corrected chi connectivity index (χ4v) is 4.53. The van der Waals surface area contributed by atoms with Crippen molar-refractivity contribution in [1.29, 1.82) is 0 Å². The lowest BCUT2D eigenvalue weighted by molar-refractivity contribution is 0.305. The van der Waals surface area contributed by atoms with Gasteiger partial charge >= 0.3 is 0 Å². The molecule has 2 unspecified atom stereocenters. The van der Waals surface area contributed by atoms with Crippen LogP contribution in [0.2, 0.25) is 0 Å². The van der Waals surface area contributed by atoms with E-state index in [9.17, 15) is 0 Å². The van der Waals surface area contributed by atoms with Gasteiger partial charge in [-0.15, -0.1) is 0 Å². The van der Waals surface area contributed by atoms with Gasteiger partial charge in [-0.05, 0) is 37.8 Å². The molecule has 2 saturated heterocycles. The van der Waals surface area contributed by atoms with Crippen molar-refractivity contribution in [2.24, 2.45) is 11.8 Å². The van der Waals surface area contributed by atoms with Crippen molar-refractivity contribution in [2.45, 2.75) is 20.4 Å². The molecule has 28 heavy (non-hydrogen) atoms. The first-order valence-electron chi connectivity index (χ1n) is 9.73. The van der Waals surface area contributed by atoms with Crippen LogP contribution in [0.1, 0.15) is 17.1 Å². The molecule has 0 spiro atoms. The van der Waals surface area contributed by atoms with E-state index in [2.05, 4.69) is 47.0 Å². The Morgan fingerprint density at radius 2 is 1.71 bits per heavy atom. The Morgan fingerprint density at radius 3 is 2.39 bits per heavy atom. The van der Waals surface area contributed by atoms with Gasteiger partial charge in [0.25, 0.3) is 0 Å². The maximum absolute atomic E-state index is 4.55. The molecule has 8 heteroatoms. The number of hydrogen-bond donors (Lipinski definition) is 0. The largest absolute Gasteiger partial charge is 0.356 e. The number of nitrogens with zero attached hydrogens (tertiary/aromatic N) is 8. The molecule has 3 aromatic rings. The second-order valence-electron chi connectivity index (χ2n) is 7.89. The predicted molar refractivity (Wildman–Crippen MR) is 105 cm³/mol. The third-order valence-corrected chi connectivity index (χ3v) is 5.78. The summed E-state index contributed by atoms with van der Waals surface area (Å²) in [7, 11) is 0. The first-order valence-corrected chi connectivity index (χ1v) is 9.73. The lowest BCUT2D eigenvalue weighted by Gasteiger charge is -2.22. The van der Waals surface area contributed by atoms with Crippen molar-refractivity contribution in [1.82, 2.24) is 34.6 Å². The van der Waals surface area contributed by atoms with E-state index < -0.39 is 0 Å². The number of aryl methyl sites for hydroxylation is 2. The monoisotopic (exact) mass is 376 g/mol. The van der Waals surface area contributed by atoms with Crippen molar-refractivity contribution in [2.75, 3.05) is 31.1 Å². The molecule has 0 N–H and O–H groups in total. The van der Waals surface area contributed by atoms with E-state index in [0.29, 0.717) is 11.8 Å². The highest BCUT2D eigenvalue weighted by Gasteiger charge is 2.40. The molecule has 0 aromatic carbocycles. The molecular formula is C20H24N8. The number of rotatable bonds is 4. The molecule has 3 aromatic heterocycles. The van der Waals surface area contributed by atoms with Gasteiger partial charge in [-0.2, -0.15) is 5.10 Å². The summed E-state index contributed by atoms with van der Waals surface area (Å²) in [4.78, 5) is 22.2. The molecule has 144 valence electrons. The van der Waals surface area contributed by atoms with E-state index in [-0.39, 0.29) is 0 Å². The molecule has 0 aliphatic carbocycles. The Kier molecular flexibility index (Phi) is 4.27. The van der Waals surface area contributed by atoms with E-state index in [0.717, 1.165) is 61.4 Å². The Bertz CT molecular complexity index is 955. The quantitative estimate of drug-likeness (QED) is 0.685. The van der Waals surface area contributed by atoms with Gasteiger partial charge in [-0.25, -0.2) is 24.6 Å². The molecule has 2 fully saturated rings. The van der Waals surface area contributed by atoms with Gasteiger partial charge in [0.2, 0.25) is 0 Å². The number of fused-ring (bicyclic) bond motifs is 1. The average molecular weight is 376 g/mol. The molecule has 2 aliphatic rings. The second-order valence-corrected chi connectivity index (χ2v) is 7.89. The van der Waals surface area contributed by atoms with Crippen molar-refractivity contribution >= 4 is 5.82 Å². The topological polar surface area (TPSA) is 75.9 Å². The normalized spacial score (nSPS) is 22.0. The van der Waals surface area contributed by atoms with Gasteiger partial charge in [0.15, 0.2) is 5.82 Å². The highest BCUT2D eigenvalue weighted by Crippen LogP contribution is 2.34. The lowest BCUT2D eigenvalue weighted by Crippen LogP contribution is -2.29. The summed E-state index contributed by atoms with van der Waals surface area (Å²) in [6.45, 7) is 9.26. The third-order valence-electron chi connectivity index (χ3n) is 5.78. The van der Waals surface area contributed by atoms with Crippen LogP contribution in [-0.4, -0.2) is 60.8 Å². The van der Waals surface area contributed by atoms with Crippen molar-refractivity contribution in [3.63, 3.8) is 0 Å². The third kappa shape index (κ3) is 3.24. The fraction of sp³-hybridized carbons (Fsp3) is 0.450. The molecule has 2 aliphatic heterocycles. The van der Waals surface area contributed by atoms with E-state index in [4.69, 9.17) is 0 Å². The van der Waals surface area contributed by atoms with Crippen LogP contribution >= 0.6 is 0 Å². The van der Waals surface area contributed by atoms with Gasteiger partial charge in [0.05, 0.1) is 11.4 Å². The zero-order chi connectivity index (χ0) is 19.1. The summed E-state index contributed by atoms with van der Waals surface area (Å²) in [6.07, 6.45) is 5.09. The van der Waals surface area contributed by atoms with Crippen LogP contribution in [0, 0.1) is 25.7 Å². The summed E-state index contributed by atoms with van der Waals surface area (Å²) >= 11 is 0. The van der Waals surface area contributed by atoms with Crippen LogP contribution in [0.5, 0.6) is 0 Å². The number of anilines is 1. The van der Waals surface area contributed by atoms with E-state index in [1.807, 2.05) is 30.8 Å². The average Bonchev–Trinajstić information content (AvgIpc) is 3.35. The Balaban J connectivity index is 1.27. The van der Waals surface area contributed by atoms with Crippen LogP contribution in [0.25, 0.3) is 5.82 Å². The molecule has 0 amide bonds. The molecule has 5 heterocycles. The smallest absolute Gasteiger partial charge is 0.159 e. The molecule has 0 bridgehead atoms. The molecular weight excluding hydrogens is 352 g/mol. The first-order chi connectivity index (χ1) is 13.7. The number of aromatic nitrogens is 6. The van der Waals surface area contributed by atoms with Gasteiger partial charge in [0, 0.05) is 50.7 Å². The highest BCUT2D eigenvalue weighted by atomic mass is 15.3. The summed E-state index contributed by atoms with van der Waals surface area (Å²) in [5.41, 5.74) is 3.18. The second kappa shape index (κ2) is 6.94. The maximum atomic E-state index is 4.55. The van der Waals surface area contributed by atoms with Gasteiger partial charge in [-0.1, -0.05) is 0 Å². The summed E-state index contributed by atoms with van der Waals surface area (Å²) < 4.78 is 1.89. The van der Waals surface area contributed by atoms with Crippen LogP contribution in [0.15, 0.2) is 37.1 Å². The lowest BCUT2D eigenvalue weighted by atomic mass is 10.0. The highest BCUT2D eigenvalue weighted by molar-refractivity contribution is 5.45. The molecule has 8 nitrogen and oxygen atoms in total. The number of hydrogen-bond acceptors (Lipinski definition) is 7. The minimum absolute atomic E-state index is 0.675. The standard InChI is InChI=1S/C20H24N8/c1-14-5-15(2)28(25-14)20-6-19(23-13-24-20)27-9-16-7-26(8-17(16)10-27)11-18-3-4-21-12-22-18/h3-6,12-13,16-17H,7-11H2,1-2H3. The van der Waals surface area contributed by atoms with Crippen LogP contribution in [0.3, 0.4) is 0 Å². The predicted octanol–water partition coefficient (Wildman–Crippen LogP) is 1.64. The minimum atomic E-state index is 0.675. The van der Waals surface area contributed by atoms with E-state index >= 15 is 0 Å². The van der Waals surface area contributed by atoms with Crippen LogP contribution in [0.4, 0.5) is 5.82 Å². The van der Waals surface area contributed by atoms with Gasteiger partial charge in [0.1, 0.15) is 18.5 Å². The molecule has 2 atom stereocenters. The Labute approximate surface area is 164 Å². The van der Waals surface area contributed by atoms with E-state index in [1.54, 1.807) is 12.7 Å². The van der Waals surface area contributed by atoms with Gasteiger partial charge < -0.3 is 4.90 Å². The minimum Gasteiger partial charge on any atom is -0.356 e. The van der Waals surface area contributed by atoms with Gasteiger partial charge in [-0.3, -0.25) is 4.90 Å². The maximum Gasteiger partial charge on any atom is 0.159 e. The van der Waals surface area contributed by atoms with E-state index in [1.165, 1.54) is 0 Å². The molecule has 0 saturated carbocycles. The molecule has 5 rings (SSSR count). The SMILES string of the molecule is Cc1cc(C)n(-c2cc(N3CC4CN(Cc5ccncn5)CC4C3)ncn2)n1. The van der Waals surface area contributed by atoms with Crippen LogP contribution in [-0.2, 0) is 6.54 Å². The summed E-state index contributed by atoms with van der Waals surface area (Å²) in [6, 6.07) is 6.12. The fourth-order valence-electron chi connectivity index (χ4n) is 4.53. The Morgan fingerprint density at radius 1 is 0.929 bits per heavy atom. The van der Waals surface area contributed by atoms with Crippen molar-refractivity contribution < 1.29 is 0 Å². The molecule has 0 radical (unpaired) electrons. The summed E-state index contributed by atoms with van der Waals surface area (Å²) in [5.74, 6) is 3.18. The zero-order valence-electron chi connectivity index (χ0n) is 16.2. The zero-order valence-corrected chi connectivity index (χ0v) is 16.2. The van der Waals surface area contributed by atoms with Crippen molar-refractivity contribution in [3.05, 3.63) is 54.1 Å². The van der Waals surface area contributed by atoms with Crippen molar-refractivity contribution in [3.8, 4) is 5.82 Å². The number of likely N-dealkylation sites (tertiary alicyclic amines) is 1. The first kappa shape index (κ1) is 17.2. The summed E-state index contributed by atoms with van der Waals surface area (Å²) in [5, 5.41) is 4.55. The van der Waals surface area contributed by atoms with Crippen LogP contribution < -0.4 is 4.90 Å². The Hall–Kier alpha value is -2.87.